The van der Waals surface area contributed by atoms with Crippen LogP contribution in [-0.2, 0) is 6.54 Å². The normalized spacial score (nSPS) is 10.3. The van der Waals surface area contributed by atoms with E-state index in [1.807, 2.05) is 48.2 Å². The molecule has 0 aliphatic carbocycles. The lowest BCUT2D eigenvalue weighted by Crippen LogP contribution is -2.32. The highest BCUT2D eigenvalue weighted by Crippen LogP contribution is 2.11. The van der Waals surface area contributed by atoms with Gasteiger partial charge in [-0.25, -0.2) is 0 Å². The van der Waals surface area contributed by atoms with Gasteiger partial charge in [-0.1, -0.05) is 46.3 Å². The van der Waals surface area contributed by atoms with Gasteiger partial charge in [-0.3, -0.25) is 9.78 Å². The number of aromatic nitrogens is 1. The van der Waals surface area contributed by atoms with E-state index in [1.165, 1.54) is 0 Å². The van der Waals surface area contributed by atoms with Gasteiger partial charge in [0.15, 0.2) is 0 Å². The van der Waals surface area contributed by atoms with E-state index in [-0.39, 0.29) is 5.91 Å². The topological polar surface area (TPSA) is 33.2 Å². The fraction of sp³-hybridized carbons (Fsp3) is 0.250. The van der Waals surface area contributed by atoms with Crippen molar-refractivity contribution in [2.24, 2.45) is 0 Å². The summed E-state index contributed by atoms with van der Waals surface area (Å²) in [4.78, 5) is 18.5. The molecule has 0 radical (unpaired) electrons. The lowest BCUT2D eigenvalue weighted by molar-refractivity contribution is 0.0754. The molecule has 2 aromatic rings. The maximum atomic E-state index is 12.6. The standard InChI is InChI=1S/C16H17BrN2O/c1-13-9-15(11-18-10-13)16(20)19(8-7-17)12-14-5-3-2-4-6-14/h2-6,9-11H,7-8,12H2,1H3. The number of halogens is 1. The van der Waals surface area contributed by atoms with E-state index in [0.717, 1.165) is 16.5 Å². The molecular weight excluding hydrogens is 316 g/mol. The Hall–Kier alpha value is -1.68. The van der Waals surface area contributed by atoms with Gasteiger partial charge in [0.25, 0.3) is 5.91 Å². The number of pyridine rings is 1. The molecule has 2 rings (SSSR count). The van der Waals surface area contributed by atoms with Gasteiger partial charge in [-0.2, -0.15) is 0 Å². The number of benzene rings is 1. The minimum atomic E-state index is 0.0181. The van der Waals surface area contributed by atoms with Crippen LogP contribution in [0.1, 0.15) is 21.5 Å². The largest absolute Gasteiger partial charge is 0.333 e. The summed E-state index contributed by atoms with van der Waals surface area (Å²) < 4.78 is 0. The van der Waals surface area contributed by atoms with E-state index >= 15 is 0 Å². The number of carbonyl (C=O) groups is 1. The van der Waals surface area contributed by atoms with Crippen LogP contribution in [0.15, 0.2) is 48.8 Å². The molecule has 0 unspecified atom stereocenters. The maximum absolute atomic E-state index is 12.6. The molecule has 1 aromatic heterocycles. The third-order valence-electron chi connectivity index (χ3n) is 2.98. The van der Waals surface area contributed by atoms with Gasteiger partial charge in [0.2, 0.25) is 0 Å². The van der Waals surface area contributed by atoms with Gasteiger partial charge >= 0.3 is 0 Å². The Bertz CT molecular complexity index is 572. The predicted molar refractivity (Wildman–Crippen MR) is 84.0 cm³/mol. The minimum absolute atomic E-state index is 0.0181. The SMILES string of the molecule is Cc1cncc(C(=O)N(CCBr)Cc2ccccc2)c1. The lowest BCUT2D eigenvalue weighted by Gasteiger charge is -2.22. The van der Waals surface area contributed by atoms with Crippen LogP contribution in [0.5, 0.6) is 0 Å². The van der Waals surface area contributed by atoms with Crippen molar-refractivity contribution in [2.75, 3.05) is 11.9 Å². The lowest BCUT2D eigenvalue weighted by atomic mass is 10.1. The molecule has 4 heteroatoms. The van der Waals surface area contributed by atoms with Gasteiger partial charge in [0, 0.05) is 30.8 Å². The van der Waals surface area contributed by atoms with E-state index in [0.29, 0.717) is 18.7 Å². The Morgan fingerprint density at radius 1 is 1.25 bits per heavy atom. The van der Waals surface area contributed by atoms with Gasteiger partial charge < -0.3 is 4.90 Å². The first-order chi connectivity index (χ1) is 9.70. The Labute approximate surface area is 127 Å². The van der Waals surface area contributed by atoms with Crippen LogP contribution >= 0.6 is 15.9 Å². The summed E-state index contributed by atoms with van der Waals surface area (Å²) in [5.74, 6) is 0.0181. The number of alkyl halides is 1. The molecular formula is C16H17BrN2O. The second-order valence-corrected chi connectivity index (χ2v) is 5.45. The monoisotopic (exact) mass is 332 g/mol. The van der Waals surface area contributed by atoms with Crippen LogP contribution in [-0.4, -0.2) is 27.7 Å². The first-order valence-corrected chi connectivity index (χ1v) is 7.63. The molecule has 20 heavy (non-hydrogen) atoms. The number of amides is 1. The van der Waals surface area contributed by atoms with Crippen LogP contribution in [0.2, 0.25) is 0 Å². The Morgan fingerprint density at radius 3 is 2.65 bits per heavy atom. The number of rotatable bonds is 5. The van der Waals surface area contributed by atoms with E-state index < -0.39 is 0 Å². The molecule has 104 valence electrons. The average Bonchev–Trinajstić information content (AvgIpc) is 2.47. The maximum Gasteiger partial charge on any atom is 0.255 e. The smallest absolute Gasteiger partial charge is 0.255 e. The zero-order valence-electron chi connectivity index (χ0n) is 11.4. The molecule has 0 saturated carbocycles. The molecule has 0 N–H and O–H groups in total. The third-order valence-corrected chi connectivity index (χ3v) is 3.33. The quantitative estimate of drug-likeness (QED) is 0.786. The second-order valence-electron chi connectivity index (χ2n) is 4.65. The van der Waals surface area contributed by atoms with Crippen molar-refractivity contribution in [1.82, 2.24) is 9.88 Å². The number of carbonyl (C=O) groups excluding carboxylic acids is 1. The van der Waals surface area contributed by atoms with Crippen molar-refractivity contribution in [3.8, 4) is 0 Å². The zero-order chi connectivity index (χ0) is 14.4. The van der Waals surface area contributed by atoms with Crippen molar-refractivity contribution in [1.29, 1.82) is 0 Å². The van der Waals surface area contributed by atoms with Crippen molar-refractivity contribution in [2.45, 2.75) is 13.5 Å². The Morgan fingerprint density at radius 2 is 2.00 bits per heavy atom. The van der Waals surface area contributed by atoms with Gasteiger partial charge in [0.1, 0.15) is 0 Å². The van der Waals surface area contributed by atoms with Crippen LogP contribution in [0, 0.1) is 6.92 Å². The number of aryl methyl sites for hydroxylation is 1. The summed E-state index contributed by atoms with van der Waals surface area (Å²) in [7, 11) is 0. The third kappa shape index (κ3) is 3.90. The summed E-state index contributed by atoms with van der Waals surface area (Å²) in [5.41, 5.74) is 2.76. The molecule has 0 aliphatic rings. The summed E-state index contributed by atoms with van der Waals surface area (Å²) in [6, 6.07) is 11.9. The van der Waals surface area contributed by atoms with E-state index in [9.17, 15) is 4.79 Å². The highest BCUT2D eigenvalue weighted by Gasteiger charge is 2.16. The first kappa shape index (κ1) is 14.7. The Kier molecular flexibility index (Phi) is 5.30. The van der Waals surface area contributed by atoms with Gasteiger partial charge in [-0.15, -0.1) is 0 Å². The molecule has 0 aliphatic heterocycles. The molecule has 3 nitrogen and oxygen atoms in total. The Balaban J connectivity index is 2.18. The molecule has 1 aromatic carbocycles. The molecule has 0 spiro atoms. The number of hydrogen-bond acceptors (Lipinski definition) is 2. The summed E-state index contributed by atoms with van der Waals surface area (Å²) in [6.45, 7) is 3.22. The van der Waals surface area contributed by atoms with Crippen LogP contribution in [0.3, 0.4) is 0 Å². The number of nitrogens with zero attached hydrogens (tertiary/aromatic N) is 2. The average molecular weight is 333 g/mol. The minimum Gasteiger partial charge on any atom is -0.333 e. The van der Waals surface area contributed by atoms with Gasteiger partial charge in [-0.05, 0) is 24.1 Å². The molecule has 0 saturated heterocycles. The summed E-state index contributed by atoms with van der Waals surface area (Å²) in [5, 5.41) is 0.755. The van der Waals surface area contributed by atoms with Crippen molar-refractivity contribution in [3.05, 3.63) is 65.5 Å². The molecule has 0 atom stereocenters. The molecule has 1 heterocycles. The summed E-state index contributed by atoms with van der Waals surface area (Å²) in [6.07, 6.45) is 3.38. The van der Waals surface area contributed by atoms with Crippen LogP contribution < -0.4 is 0 Å². The molecule has 1 amide bonds. The molecule has 0 fully saturated rings. The van der Waals surface area contributed by atoms with Gasteiger partial charge in [0.05, 0.1) is 5.56 Å². The number of hydrogen-bond donors (Lipinski definition) is 0. The predicted octanol–water partition coefficient (Wildman–Crippen LogP) is 3.43. The van der Waals surface area contributed by atoms with E-state index in [1.54, 1.807) is 12.4 Å². The highest BCUT2D eigenvalue weighted by molar-refractivity contribution is 9.09. The van der Waals surface area contributed by atoms with E-state index in [4.69, 9.17) is 0 Å². The second kappa shape index (κ2) is 7.20. The van der Waals surface area contributed by atoms with Crippen molar-refractivity contribution < 1.29 is 4.79 Å². The molecule has 0 bridgehead atoms. The highest BCUT2D eigenvalue weighted by atomic mass is 79.9. The fourth-order valence-corrected chi connectivity index (χ4v) is 2.44. The van der Waals surface area contributed by atoms with E-state index in [2.05, 4.69) is 20.9 Å². The van der Waals surface area contributed by atoms with Crippen molar-refractivity contribution in [3.63, 3.8) is 0 Å². The summed E-state index contributed by atoms with van der Waals surface area (Å²) >= 11 is 3.41. The van der Waals surface area contributed by atoms with Crippen molar-refractivity contribution >= 4 is 21.8 Å². The zero-order valence-corrected chi connectivity index (χ0v) is 13.0. The van der Waals surface area contributed by atoms with Crippen LogP contribution in [0.25, 0.3) is 0 Å². The van der Waals surface area contributed by atoms with Crippen LogP contribution in [0.4, 0.5) is 0 Å². The fourth-order valence-electron chi connectivity index (χ4n) is 2.01. The first-order valence-electron chi connectivity index (χ1n) is 6.51.